The van der Waals surface area contributed by atoms with Crippen LogP contribution in [0.15, 0.2) is 29.5 Å². The van der Waals surface area contributed by atoms with Crippen LogP contribution in [-0.2, 0) is 23.5 Å². The van der Waals surface area contributed by atoms with Crippen molar-refractivity contribution in [2.45, 2.75) is 44.7 Å². The Hall–Kier alpha value is -3.32. The molecule has 0 bridgehead atoms. The molecular weight excluding hydrogens is 472 g/mol. The third-order valence-corrected chi connectivity index (χ3v) is 5.33. The van der Waals surface area contributed by atoms with Gasteiger partial charge in [0.25, 0.3) is 5.56 Å². The van der Waals surface area contributed by atoms with Crippen LogP contribution in [0.2, 0.25) is 0 Å². The summed E-state index contributed by atoms with van der Waals surface area (Å²) in [6, 6.07) is -0.0336. The van der Waals surface area contributed by atoms with Crippen LogP contribution >= 0.6 is 0 Å². The fourth-order valence-electron chi connectivity index (χ4n) is 3.50. The quantitative estimate of drug-likeness (QED) is 0.656. The molecule has 1 aliphatic rings. The molecule has 186 valence electrons. The summed E-state index contributed by atoms with van der Waals surface area (Å²) in [5.41, 5.74) is -3.42. The zero-order valence-corrected chi connectivity index (χ0v) is 18.1. The van der Waals surface area contributed by atoms with Crippen molar-refractivity contribution in [2.75, 3.05) is 24.6 Å². The van der Waals surface area contributed by atoms with Gasteiger partial charge in [-0.3, -0.25) is 4.79 Å². The van der Waals surface area contributed by atoms with Crippen molar-refractivity contribution in [2.24, 2.45) is 0 Å². The zero-order valence-electron chi connectivity index (χ0n) is 18.1. The minimum absolute atomic E-state index is 0.0467. The topological polar surface area (TPSA) is 91.4 Å². The van der Waals surface area contributed by atoms with Crippen molar-refractivity contribution in [1.82, 2.24) is 19.9 Å². The van der Waals surface area contributed by atoms with Crippen molar-refractivity contribution < 1.29 is 35.9 Å². The lowest BCUT2D eigenvalue weighted by atomic mass is 10.1. The van der Waals surface area contributed by atoms with Gasteiger partial charge in [0.05, 0.1) is 12.2 Å². The fraction of sp³-hybridized carbons (Fsp3) is 0.500. The van der Waals surface area contributed by atoms with E-state index in [0.717, 1.165) is 6.20 Å². The number of amides is 1. The van der Waals surface area contributed by atoms with E-state index in [1.807, 2.05) is 4.98 Å². The van der Waals surface area contributed by atoms with Crippen molar-refractivity contribution >= 4 is 12.0 Å². The molecule has 34 heavy (non-hydrogen) atoms. The summed E-state index contributed by atoms with van der Waals surface area (Å²) in [4.78, 5) is 36.5. The summed E-state index contributed by atoms with van der Waals surface area (Å²) in [5.74, 6) is 0.0962. The van der Waals surface area contributed by atoms with Gasteiger partial charge in [-0.05, 0) is 25.5 Å². The van der Waals surface area contributed by atoms with Gasteiger partial charge >= 0.3 is 18.4 Å². The van der Waals surface area contributed by atoms with Crippen LogP contribution in [0.5, 0.6) is 0 Å². The van der Waals surface area contributed by atoms with Gasteiger partial charge in [0.15, 0.2) is 0 Å². The van der Waals surface area contributed by atoms with Crippen molar-refractivity contribution in [3.63, 3.8) is 0 Å². The minimum Gasteiger partial charge on any atom is -0.449 e. The average molecular weight is 493 g/mol. The number of hydrogen-bond donors (Lipinski definition) is 1. The van der Waals surface area contributed by atoms with Gasteiger partial charge in [-0.2, -0.15) is 26.3 Å². The number of anilines is 1. The maximum absolute atomic E-state index is 12.9. The Morgan fingerprint density at radius 3 is 2.32 bits per heavy atom. The smallest absolute Gasteiger partial charge is 0.421 e. The number of aromatic amines is 1. The van der Waals surface area contributed by atoms with E-state index in [0.29, 0.717) is 18.5 Å². The fourth-order valence-corrected chi connectivity index (χ4v) is 3.50. The van der Waals surface area contributed by atoms with E-state index < -0.39 is 41.2 Å². The number of aromatic nitrogens is 3. The SMILES string of the molecule is CC1CN(c2ncc(C(F)(F)F)cn2)[C@H](C)CN1C(=O)OCCc1c[nH]c(=O)c(C(F)(F)F)c1. The first kappa shape index (κ1) is 25.3. The summed E-state index contributed by atoms with van der Waals surface area (Å²) in [6.45, 7) is 3.64. The molecule has 1 amide bonds. The van der Waals surface area contributed by atoms with Crippen LogP contribution in [0.3, 0.4) is 0 Å². The number of nitrogens with zero attached hydrogens (tertiary/aromatic N) is 4. The van der Waals surface area contributed by atoms with Crippen LogP contribution in [0.4, 0.5) is 37.1 Å². The molecule has 2 aromatic heterocycles. The second kappa shape index (κ2) is 9.50. The van der Waals surface area contributed by atoms with Gasteiger partial charge in [-0.15, -0.1) is 0 Å². The molecule has 1 fully saturated rings. The van der Waals surface area contributed by atoms with E-state index in [2.05, 4.69) is 9.97 Å². The third-order valence-electron chi connectivity index (χ3n) is 5.33. The number of alkyl halides is 6. The van der Waals surface area contributed by atoms with Crippen LogP contribution < -0.4 is 10.5 Å². The van der Waals surface area contributed by atoms with Gasteiger partial charge in [0, 0.05) is 50.2 Å². The summed E-state index contributed by atoms with van der Waals surface area (Å²) in [5, 5.41) is 0. The molecule has 0 aliphatic carbocycles. The largest absolute Gasteiger partial charge is 0.449 e. The summed E-state index contributed by atoms with van der Waals surface area (Å²) in [6.07, 6.45) is -7.57. The molecule has 2 atom stereocenters. The highest BCUT2D eigenvalue weighted by molar-refractivity contribution is 5.68. The second-order valence-electron chi connectivity index (χ2n) is 7.89. The molecule has 3 rings (SSSR count). The van der Waals surface area contributed by atoms with E-state index in [1.165, 1.54) is 4.90 Å². The number of nitrogens with one attached hydrogen (secondary N) is 1. The van der Waals surface area contributed by atoms with Crippen LogP contribution in [-0.4, -0.2) is 57.7 Å². The molecule has 2 aromatic rings. The lowest BCUT2D eigenvalue weighted by Crippen LogP contribution is -2.58. The number of piperazine rings is 1. The molecule has 8 nitrogen and oxygen atoms in total. The molecule has 1 aliphatic heterocycles. The number of carbonyl (C=O) groups is 1. The standard InChI is InChI=1S/C20H21F6N5O3/c1-11-10-31(12(2)9-30(11)17-28-7-14(8-29-17)19(21,22)23)18(33)34-4-3-13-5-15(20(24,25)26)16(32)27-6-13/h5-8,11-12H,3-4,9-10H2,1-2H3,(H,27,32)/t11-,12?/m1/s1. The maximum Gasteiger partial charge on any atom is 0.421 e. The first-order chi connectivity index (χ1) is 15.8. The Morgan fingerprint density at radius 2 is 1.74 bits per heavy atom. The van der Waals surface area contributed by atoms with Crippen LogP contribution in [0, 0.1) is 0 Å². The number of hydrogen-bond acceptors (Lipinski definition) is 6. The number of halogens is 6. The molecule has 1 unspecified atom stereocenters. The number of pyridine rings is 1. The molecule has 0 spiro atoms. The number of carbonyl (C=O) groups excluding carboxylic acids is 1. The monoisotopic (exact) mass is 493 g/mol. The van der Waals surface area contributed by atoms with Crippen molar-refractivity contribution in [1.29, 1.82) is 0 Å². The Labute approximate surface area is 189 Å². The highest BCUT2D eigenvalue weighted by Gasteiger charge is 2.36. The summed E-state index contributed by atoms with van der Waals surface area (Å²) < 4.78 is 81.9. The molecule has 1 saturated heterocycles. The Bertz CT molecular complexity index is 1070. The van der Waals surface area contributed by atoms with E-state index in [4.69, 9.17) is 4.74 Å². The van der Waals surface area contributed by atoms with Crippen LogP contribution in [0.1, 0.15) is 30.5 Å². The van der Waals surface area contributed by atoms with Gasteiger partial charge in [0.1, 0.15) is 5.56 Å². The first-order valence-electron chi connectivity index (χ1n) is 10.2. The maximum atomic E-state index is 12.9. The predicted octanol–water partition coefficient (Wildman–Crippen LogP) is 3.48. The van der Waals surface area contributed by atoms with E-state index in [-0.39, 0.29) is 43.7 Å². The molecule has 3 heterocycles. The summed E-state index contributed by atoms with van der Waals surface area (Å²) in [7, 11) is 0. The van der Waals surface area contributed by atoms with E-state index >= 15 is 0 Å². The number of ether oxygens (including phenoxy) is 1. The third kappa shape index (κ3) is 5.78. The van der Waals surface area contributed by atoms with E-state index in [9.17, 15) is 35.9 Å². The number of rotatable bonds is 4. The highest BCUT2D eigenvalue weighted by Crippen LogP contribution is 2.29. The minimum atomic E-state index is -4.80. The van der Waals surface area contributed by atoms with E-state index in [1.54, 1.807) is 18.7 Å². The molecular formula is C20H21F6N5O3. The van der Waals surface area contributed by atoms with Crippen LogP contribution in [0.25, 0.3) is 0 Å². The van der Waals surface area contributed by atoms with Crippen molar-refractivity contribution in [3.8, 4) is 0 Å². The molecule has 0 radical (unpaired) electrons. The molecule has 14 heteroatoms. The van der Waals surface area contributed by atoms with Gasteiger partial charge in [-0.1, -0.05) is 0 Å². The van der Waals surface area contributed by atoms with Gasteiger partial charge in [0.2, 0.25) is 5.95 Å². The Kier molecular flexibility index (Phi) is 7.07. The zero-order chi connectivity index (χ0) is 25.3. The Morgan fingerprint density at radius 1 is 1.09 bits per heavy atom. The molecule has 0 aromatic carbocycles. The van der Waals surface area contributed by atoms with Crippen molar-refractivity contribution in [3.05, 3.63) is 51.7 Å². The first-order valence-corrected chi connectivity index (χ1v) is 10.2. The summed E-state index contributed by atoms with van der Waals surface area (Å²) >= 11 is 0. The molecule has 0 saturated carbocycles. The van der Waals surface area contributed by atoms with Gasteiger partial charge in [-0.25, -0.2) is 14.8 Å². The highest BCUT2D eigenvalue weighted by atomic mass is 19.4. The lowest BCUT2D eigenvalue weighted by molar-refractivity contribution is -0.139. The van der Waals surface area contributed by atoms with Gasteiger partial charge < -0.3 is 19.5 Å². The molecule has 1 N–H and O–H groups in total. The normalized spacial score (nSPS) is 19.3. The number of H-pyrrole nitrogens is 1. The second-order valence-corrected chi connectivity index (χ2v) is 7.89. The lowest BCUT2D eigenvalue weighted by Gasteiger charge is -2.43. The average Bonchev–Trinajstić information content (AvgIpc) is 2.74. The predicted molar refractivity (Wildman–Crippen MR) is 107 cm³/mol. The Balaban J connectivity index is 1.58.